The summed E-state index contributed by atoms with van der Waals surface area (Å²) in [4.78, 5) is 4.47. The number of aromatic nitrogens is 1. The molecular formula is C21H13ClIN. The number of hydrogen-bond donors (Lipinski definition) is 0. The van der Waals surface area contributed by atoms with Gasteiger partial charge in [0.1, 0.15) is 5.15 Å². The third kappa shape index (κ3) is 2.92. The second kappa shape index (κ2) is 6.54. The Morgan fingerprint density at radius 2 is 1.50 bits per heavy atom. The Bertz CT molecular complexity index is 1080. The number of rotatable bonds is 2. The molecule has 0 radical (unpaired) electrons. The van der Waals surface area contributed by atoms with E-state index in [1.807, 2.05) is 24.3 Å². The van der Waals surface area contributed by atoms with Gasteiger partial charge in [0.25, 0.3) is 0 Å². The van der Waals surface area contributed by atoms with Gasteiger partial charge in [-0.05, 0) is 51.1 Å². The predicted octanol–water partition coefficient (Wildman–Crippen LogP) is 6.82. The summed E-state index contributed by atoms with van der Waals surface area (Å²) in [5.74, 6) is 0. The molecule has 0 unspecified atom stereocenters. The highest BCUT2D eigenvalue weighted by Gasteiger charge is 2.04. The van der Waals surface area contributed by atoms with E-state index in [1.54, 1.807) is 0 Å². The summed E-state index contributed by atoms with van der Waals surface area (Å²) in [7, 11) is 0. The molecule has 0 aliphatic heterocycles. The Kier molecular flexibility index (Phi) is 4.25. The lowest BCUT2D eigenvalue weighted by Crippen LogP contribution is -1.86. The van der Waals surface area contributed by atoms with Gasteiger partial charge in [-0.25, -0.2) is 4.98 Å². The molecule has 1 heterocycles. The molecule has 3 heteroatoms. The lowest BCUT2D eigenvalue weighted by atomic mass is 10.1. The smallest absolute Gasteiger partial charge is 0.136 e. The number of benzene rings is 3. The average molecular weight is 442 g/mol. The van der Waals surface area contributed by atoms with Crippen molar-refractivity contribution in [3.63, 3.8) is 0 Å². The van der Waals surface area contributed by atoms with Crippen molar-refractivity contribution in [3.8, 4) is 0 Å². The van der Waals surface area contributed by atoms with Gasteiger partial charge < -0.3 is 0 Å². The van der Waals surface area contributed by atoms with Crippen molar-refractivity contribution < 1.29 is 0 Å². The second-order valence-corrected chi connectivity index (χ2v) is 7.02. The SMILES string of the molecule is Clc1nc2ccccc2cc1/C=C/c1ccc2ccccc2c1I. The van der Waals surface area contributed by atoms with E-state index in [0.717, 1.165) is 16.5 Å². The number of pyridine rings is 1. The van der Waals surface area contributed by atoms with Gasteiger partial charge in [0.2, 0.25) is 0 Å². The van der Waals surface area contributed by atoms with E-state index in [2.05, 4.69) is 82.2 Å². The van der Waals surface area contributed by atoms with Crippen LogP contribution in [0, 0.1) is 3.57 Å². The van der Waals surface area contributed by atoms with Crippen molar-refractivity contribution in [1.82, 2.24) is 4.98 Å². The molecule has 0 aliphatic rings. The largest absolute Gasteiger partial charge is 0.235 e. The molecule has 0 spiro atoms. The van der Waals surface area contributed by atoms with Crippen molar-refractivity contribution in [3.05, 3.63) is 86.6 Å². The average Bonchev–Trinajstić information content (AvgIpc) is 2.61. The molecule has 0 amide bonds. The summed E-state index contributed by atoms with van der Waals surface area (Å²) in [5, 5.41) is 4.14. The minimum absolute atomic E-state index is 0.528. The monoisotopic (exact) mass is 441 g/mol. The molecule has 0 saturated heterocycles. The maximum absolute atomic E-state index is 6.34. The van der Waals surface area contributed by atoms with Crippen molar-refractivity contribution in [1.29, 1.82) is 0 Å². The van der Waals surface area contributed by atoms with E-state index in [1.165, 1.54) is 19.9 Å². The molecule has 1 nitrogen and oxygen atoms in total. The minimum Gasteiger partial charge on any atom is -0.235 e. The number of hydrogen-bond acceptors (Lipinski definition) is 1. The highest BCUT2D eigenvalue weighted by Crippen LogP contribution is 2.27. The van der Waals surface area contributed by atoms with Gasteiger partial charge in [-0.3, -0.25) is 0 Å². The van der Waals surface area contributed by atoms with Crippen LogP contribution in [0.4, 0.5) is 0 Å². The van der Waals surface area contributed by atoms with Crippen LogP contribution in [0.1, 0.15) is 11.1 Å². The number of nitrogens with zero attached hydrogens (tertiary/aromatic N) is 1. The third-order valence-corrected chi connectivity index (χ3v) is 5.55. The molecule has 0 aliphatic carbocycles. The van der Waals surface area contributed by atoms with Gasteiger partial charge >= 0.3 is 0 Å². The molecule has 1 aromatic heterocycles. The van der Waals surface area contributed by atoms with Crippen LogP contribution in [0.5, 0.6) is 0 Å². The Morgan fingerprint density at radius 3 is 2.38 bits per heavy atom. The number of para-hydroxylation sites is 1. The van der Waals surface area contributed by atoms with E-state index < -0.39 is 0 Å². The van der Waals surface area contributed by atoms with E-state index in [-0.39, 0.29) is 0 Å². The normalized spacial score (nSPS) is 11.6. The summed E-state index contributed by atoms with van der Waals surface area (Å²) in [6.45, 7) is 0. The standard InChI is InChI=1S/C21H13ClIN/c22-21-17(13-16-6-2-4-8-19(16)24-21)12-11-15-10-9-14-5-1-3-7-18(14)20(15)23/h1-13H/b12-11+. The molecule has 0 N–H and O–H groups in total. The van der Waals surface area contributed by atoms with E-state index in [0.29, 0.717) is 5.15 Å². The van der Waals surface area contributed by atoms with Crippen LogP contribution in [0.3, 0.4) is 0 Å². The van der Waals surface area contributed by atoms with Crippen LogP contribution in [0.15, 0.2) is 66.7 Å². The van der Waals surface area contributed by atoms with Crippen molar-refractivity contribution in [2.75, 3.05) is 0 Å². The molecule has 3 aromatic carbocycles. The molecule has 116 valence electrons. The number of fused-ring (bicyclic) bond motifs is 2. The minimum atomic E-state index is 0.528. The van der Waals surface area contributed by atoms with Crippen LogP contribution in [-0.4, -0.2) is 4.98 Å². The molecule has 4 aromatic rings. The molecule has 4 rings (SSSR count). The Balaban J connectivity index is 1.78. The predicted molar refractivity (Wildman–Crippen MR) is 112 cm³/mol. The Labute approximate surface area is 159 Å². The maximum atomic E-state index is 6.34. The zero-order chi connectivity index (χ0) is 16.5. The van der Waals surface area contributed by atoms with Crippen molar-refractivity contribution in [2.24, 2.45) is 0 Å². The first-order chi connectivity index (χ1) is 11.7. The lowest BCUT2D eigenvalue weighted by molar-refractivity contribution is 1.40. The first-order valence-electron chi connectivity index (χ1n) is 7.63. The fourth-order valence-electron chi connectivity index (χ4n) is 2.78. The molecule has 24 heavy (non-hydrogen) atoms. The topological polar surface area (TPSA) is 12.9 Å². The molecule has 0 bridgehead atoms. The maximum Gasteiger partial charge on any atom is 0.136 e. The molecule has 0 atom stereocenters. The highest BCUT2D eigenvalue weighted by atomic mass is 127. The van der Waals surface area contributed by atoms with E-state index in [4.69, 9.17) is 11.6 Å². The van der Waals surface area contributed by atoms with Crippen LogP contribution < -0.4 is 0 Å². The van der Waals surface area contributed by atoms with Gasteiger partial charge in [0.15, 0.2) is 0 Å². The van der Waals surface area contributed by atoms with Gasteiger partial charge in [-0.2, -0.15) is 0 Å². The van der Waals surface area contributed by atoms with Crippen molar-refractivity contribution in [2.45, 2.75) is 0 Å². The second-order valence-electron chi connectivity index (χ2n) is 5.58. The van der Waals surface area contributed by atoms with E-state index >= 15 is 0 Å². The fourth-order valence-corrected chi connectivity index (χ4v) is 3.84. The lowest BCUT2D eigenvalue weighted by Gasteiger charge is -2.05. The summed E-state index contributed by atoms with van der Waals surface area (Å²) in [6, 6.07) is 22.8. The van der Waals surface area contributed by atoms with E-state index in [9.17, 15) is 0 Å². The highest BCUT2D eigenvalue weighted by molar-refractivity contribution is 14.1. The quantitative estimate of drug-likeness (QED) is 0.246. The zero-order valence-electron chi connectivity index (χ0n) is 12.7. The molecule has 0 saturated carbocycles. The first-order valence-corrected chi connectivity index (χ1v) is 9.09. The van der Waals surface area contributed by atoms with Gasteiger partial charge in [-0.15, -0.1) is 0 Å². The Morgan fingerprint density at radius 1 is 0.792 bits per heavy atom. The van der Waals surface area contributed by atoms with Gasteiger partial charge in [0.05, 0.1) is 5.52 Å². The van der Waals surface area contributed by atoms with Gasteiger partial charge in [0, 0.05) is 14.5 Å². The van der Waals surface area contributed by atoms with Crippen molar-refractivity contribution >= 4 is 68.0 Å². The fraction of sp³-hybridized carbons (Fsp3) is 0. The Hall–Kier alpha value is -1.91. The third-order valence-electron chi connectivity index (χ3n) is 4.04. The van der Waals surface area contributed by atoms with Crippen LogP contribution in [0.25, 0.3) is 33.8 Å². The molecular weight excluding hydrogens is 429 g/mol. The zero-order valence-corrected chi connectivity index (χ0v) is 15.6. The van der Waals surface area contributed by atoms with Crippen LogP contribution >= 0.6 is 34.2 Å². The summed E-state index contributed by atoms with van der Waals surface area (Å²) >= 11 is 8.74. The van der Waals surface area contributed by atoms with Crippen LogP contribution in [-0.2, 0) is 0 Å². The van der Waals surface area contributed by atoms with Crippen LogP contribution in [0.2, 0.25) is 5.15 Å². The molecule has 0 fully saturated rings. The van der Waals surface area contributed by atoms with Gasteiger partial charge in [-0.1, -0.05) is 78.4 Å². The first kappa shape index (κ1) is 15.6. The summed E-state index contributed by atoms with van der Waals surface area (Å²) < 4.78 is 1.24. The summed E-state index contributed by atoms with van der Waals surface area (Å²) in [5.41, 5.74) is 3.03. The number of halogens is 2. The summed E-state index contributed by atoms with van der Waals surface area (Å²) in [6.07, 6.45) is 4.14.